The summed E-state index contributed by atoms with van der Waals surface area (Å²) in [6.07, 6.45) is 0. The van der Waals surface area contributed by atoms with Crippen molar-refractivity contribution in [3.05, 3.63) is 81.6 Å². The zero-order valence-electron chi connectivity index (χ0n) is 17.4. The zero-order chi connectivity index (χ0) is 22.1. The minimum absolute atomic E-state index is 0.191. The van der Waals surface area contributed by atoms with Gasteiger partial charge in [0, 0.05) is 17.0 Å². The normalized spacial score (nSPS) is 11.1. The molecule has 2 N–H and O–H groups in total. The first-order valence-corrected chi connectivity index (χ1v) is 10.3. The van der Waals surface area contributed by atoms with Crippen LogP contribution in [0.1, 0.15) is 25.3 Å². The number of aromatic amines is 1. The van der Waals surface area contributed by atoms with Gasteiger partial charge in [0.25, 0.3) is 5.56 Å². The van der Waals surface area contributed by atoms with Gasteiger partial charge in [-0.2, -0.15) is 0 Å². The molecular formula is C25H22ClNO4. The van der Waals surface area contributed by atoms with E-state index < -0.39 is 5.56 Å². The van der Waals surface area contributed by atoms with Crippen LogP contribution in [0.3, 0.4) is 0 Å². The Morgan fingerprint density at radius 1 is 1.00 bits per heavy atom. The quantitative estimate of drug-likeness (QED) is 0.376. The van der Waals surface area contributed by atoms with Gasteiger partial charge in [-0.3, -0.25) is 4.79 Å². The summed E-state index contributed by atoms with van der Waals surface area (Å²) in [4.78, 5) is 15.3. The van der Waals surface area contributed by atoms with Crippen LogP contribution < -0.4 is 15.0 Å². The molecule has 0 aliphatic rings. The first kappa shape index (κ1) is 20.8. The molecule has 0 amide bonds. The third kappa shape index (κ3) is 4.09. The average molecular weight is 436 g/mol. The van der Waals surface area contributed by atoms with Gasteiger partial charge in [-0.1, -0.05) is 55.8 Å². The van der Waals surface area contributed by atoms with Gasteiger partial charge in [0.15, 0.2) is 5.75 Å². The molecule has 4 aromatic rings. The van der Waals surface area contributed by atoms with Crippen LogP contribution in [0.25, 0.3) is 22.0 Å². The van der Waals surface area contributed by atoms with Crippen LogP contribution in [-0.2, 0) is 0 Å². The van der Waals surface area contributed by atoms with Crippen LogP contribution in [0.15, 0.2) is 65.5 Å². The number of aromatic nitrogens is 1. The van der Waals surface area contributed by atoms with E-state index in [-0.39, 0.29) is 11.5 Å². The van der Waals surface area contributed by atoms with E-state index >= 15 is 0 Å². The molecule has 3 aromatic carbocycles. The van der Waals surface area contributed by atoms with E-state index in [0.29, 0.717) is 33.3 Å². The summed E-state index contributed by atoms with van der Waals surface area (Å²) in [6, 6.07) is 18.3. The van der Waals surface area contributed by atoms with Gasteiger partial charge in [-0.15, -0.1) is 0 Å². The summed E-state index contributed by atoms with van der Waals surface area (Å²) in [5, 5.41) is 11.8. The van der Waals surface area contributed by atoms with Gasteiger partial charge >= 0.3 is 0 Å². The number of ether oxygens (including phenoxy) is 2. The van der Waals surface area contributed by atoms with E-state index in [1.54, 1.807) is 43.5 Å². The zero-order valence-corrected chi connectivity index (χ0v) is 18.2. The Morgan fingerprint density at radius 3 is 2.39 bits per heavy atom. The molecule has 0 saturated heterocycles. The Bertz CT molecular complexity index is 1310. The standard InChI is InChI=1S/C25H22ClNO4/c1-14(2)15-7-9-16(10-8-15)19-12-20-22(13-21(19)26)27-25(29)24(23(20)28)31-18-6-4-5-17(11-18)30-3/h4-14H,1-3H3,(H2,27,28,29). The van der Waals surface area contributed by atoms with Crippen molar-refractivity contribution in [2.24, 2.45) is 0 Å². The molecule has 0 aliphatic carbocycles. The predicted octanol–water partition coefficient (Wildman–Crippen LogP) is 6.48. The van der Waals surface area contributed by atoms with Crippen LogP contribution in [0.2, 0.25) is 5.02 Å². The molecule has 6 heteroatoms. The fraction of sp³-hybridized carbons (Fsp3) is 0.160. The van der Waals surface area contributed by atoms with Crippen molar-refractivity contribution in [3.8, 4) is 34.1 Å². The molecule has 4 rings (SSSR count). The Morgan fingerprint density at radius 2 is 1.71 bits per heavy atom. The second-order valence-corrected chi connectivity index (χ2v) is 7.97. The number of fused-ring (bicyclic) bond motifs is 1. The van der Waals surface area contributed by atoms with Gasteiger partial charge in [0.05, 0.1) is 17.6 Å². The first-order valence-electron chi connectivity index (χ1n) is 9.88. The number of nitrogens with one attached hydrogen (secondary N) is 1. The molecule has 0 aliphatic heterocycles. The van der Waals surface area contributed by atoms with E-state index in [0.717, 1.165) is 11.1 Å². The third-order valence-corrected chi connectivity index (χ3v) is 5.49. The van der Waals surface area contributed by atoms with Gasteiger partial charge in [-0.05, 0) is 41.3 Å². The van der Waals surface area contributed by atoms with Crippen molar-refractivity contribution < 1.29 is 14.6 Å². The number of H-pyrrole nitrogens is 1. The van der Waals surface area contributed by atoms with Gasteiger partial charge in [-0.25, -0.2) is 0 Å². The maximum atomic E-state index is 12.6. The summed E-state index contributed by atoms with van der Waals surface area (Å²) in [5.41, 5.74) is 2.75. The van der Waals surface area contributed by atoms with Crippen LogP contribution >= 0.6 is 11.6 Å². The monoisotopic (exact) mass is 435 g/mol. The Hall–Kier alpha value is -3.44. The molecule has 31 heavy (non-hydrogen) atoms. The van der Waals surface area contributed by atoms with Crippen LogP contribution in [0.5, 0.6) is 23.0 Å². The average Bonchev–Trinajstić information content (AvgIpc) is 2.76. The second kappa shape index (κ2) is 8.36. The smallest absolute Gasteiger partial charge is 0.295 e. The van der Waals surface area contributed by atoms with Crippen molar-refractivity contribution in [1.82, 2.24) is 4.98 Å². The molecule has 0 radical (unpaired) electrons. The number of aromatic hydroxyl groups is 1. The topological polar surface area (TPSA) is 71.5 Å². The fourth-order valence-corrected chi connectivity index (χ4v) is 3.70. The Labute approximate surface area is 184 Å². The summed E-state index contributed by atoms with van der Waals surface area (Å²) in [6.45, 7) is 4.27. The third-order valence-electron chi connectivity index (χ3n) is 5.18. The van der Waals surface area contributed by atoms with Crippen molar-refractivity contribution in [2.45, 2.75) is 19.8 Å². The highest BCUT2D eigenvalue weighted by atomic mass is 35.5. The summed E-state index contributed by atoms with van der Waals surface area (Å²) < 4.78 is 10.9. The van der Waals surface area contributed by atoms with Crippen LogP contribution in [0.4, 0.5) is 0 Å². The molecule has 1 heterocycles. The molecule has 0 bridgehead atoms. The minimum Gasteiger partial charge on any atom is -0.504 e. The first-order chi connectivity index (χ1) is 14.9. The Kier molecular flexibility index (Phi) is 5.61. The van der Waals surface area contributed by atoms with Gasteiger partial charge < -0.3 is 19.6 Å². The largest absolute Gasteiger partial charge is 0.504 e. The highest BCUT2D eigenvalue weighted by Gasteiger charge is 2.17. The number of methoxy groups -OCH3 is 1. The van der Waals surface area contributed by atoms with Crippen molar-refractivity contribution in [3.63, 3.8) is 0 Å². The van der Waals surface area contributed by atoms with E-state index in [1.165, 1.54) is 5.56 Å². The maximum absolute atomic E-state index is 12.6. The maximum Gasteiger partial charge on any atom is 0.295 e. The lowest BCUT2D eigenvalue weighted by atomic mass is 9.98. The highest BCUT2D eigenvalue weighted by molar-refractivity contribution is 6.34. The number of benzene rings is 3. The second-order valence-electron chi connectivity index (χ2n) is 7.57. The lowest BCUT2D eigenvalue weighted by molar-refractivity contribution is 0.397. The molecule has 5 nitrogen and oxygen atoms in total. The number of pyridine rings is 1. The minimum atomic E-state index is -0.557. The molecule has 1 aromatic heterocycles. The molecule has 0 fully saturated rings. The van der Waals surface area contributed by atoms with Gasteiger partial charge in [0.1, 0.15) is 11.5 Å². The molecular weight excluding hydrogens is 414 g/mol. The molecule has 158 valence electrons. The van der Waals surface area contributed by atoms with Crippen LogP contribution in [-0.4, -0.2) is 17.2 Å². The lowest BCUT2D eigenvalue weighted by Gasteiger charge is -2.13. The van der Waals surface area contributed by atoms with Crippen LogP contribution in [0, 0.1) is 0 Å². The molecule has 0 unspecified atom stereocenters. The molecule has 0 saturated carbocycles. The van der Waals surface area contributed by atoms with E-state index in [4.69, 9.17) is 21.1 Å². The number of halogens is 1. The fourth-order valence-electron chi connectivity index (χ4n) is 3.43. The predicted molar refractivity (Wildman–Crippen MR) is 124 cm³/mol. The molecule has 0 atom stereocenters. The van der Waals surface area contributed by atoms with Crippen molar-refractivity contribution in [1.29, 1.82) is 0 Å². The Balaban J connectivity index is 1.81. The van der Waals surface area contributed by atoms with Crippen molar-refractivity contribution >= 4 is 22.5 Å². The summed E-state index contributed by atoms with van der Waals surface area (Å²) in [7, 11) is 1.54. The van der Waals surface area contributed by atoms with E-state index in [2.05, 4.69) is 31.0 Å². The SMILES string of the molecule is COc1cccc(Oc2c(O)c3cc(-c4ccc(C(C)C)cc4)c(Cl)cc3[nH]c2=O)c1. The number of hydrogen-bond acceptors (Lipinski definition) is 4. The van der Waals surface area contributed by atoms with Crippen molar-refractivity contribution in [2.75, 3.05) is 7.11 Å². The summed E-state index contributed by atoms with van der Waals surface area (Å²) >= 11 is 6.50. The number of hydrogen-bond donors (Lipinski definition) is 2. The lowest BCUT2D eigenvalue weighted by Crippen LogP contribution is -2.09. The summed E-state index contributed by atoms with van der Waals surface area (Å²) in [5.74, 6) is 0.931. The number of rotatable bonds is 5. The van der Waals surface area contributed by atoms with E-state index in [1.807, 2.05) is 12.1 Å². The van der Waals surface area contributed by atoms with E-state index in [9.17, 15) is 9.90 Å². The van der Waals surface area contributed by atoms with Gasteiger partial charge in [0.2, 0.25) is 5.75 Å². The molecule has 0 spiro atoms. The highest BCUT2D eigenvalue weighted by Crippen LogP contribution is 2.39.